The summed E-state index contributed by atoms with van der Waals surface area (Å²) in [5, 5.41) is 5.76. The van der Waals surface area contributed by atoms with E-state index in [0.29, 0.717) is 12.0 Å². The molecule has 0 atom stereocenters. The Kier molecular flexibility index (Phi) is 3.68. The van der Waals surface area contributed by atoms with Crippen LogP contribution in [0.3, 0.4) is 0 Å². The lowest BCUT2D eigenvalue weighted by Gasteiger charge is -2.23. The molecule has 23 heavy (non-hydrogen) atoms. The monoisotopic (exact) mass is 308 g/mol. The van der Waals surface area contributed by atoms with Gasteiger partial charge in [0.05, 0.1) is 6.42 Å². The summed E-state index contributed by atoms with van der Waals surface area (Å²) >= 11 is 0. The van der Waals surface area contributed by atoms with Crippen molar-refractivity contribution in [2.45, 2.75) is 32.6 Å². The number of hydrogen-bond donors (Lipinski definition) is 2. The van der Waals surface area contributed by atoms with Crippen LogP contribution in [0.25, 0.3) is 0 Å². The van der Waals surface area contributed by atoms with E-state index in [2.05, 4.69) is 31.4 Å². The number of carbonyl (C=O) groups excluding carboxylic acids is 2. The number of fused-ring (bicyclic) bond motifs is 1. The summed E-state index contributed by atoms with van der Waals surface area (Å²) in [6, 6.07) is 13.1. The van der Waals surface area contributed by atoms with Crippen LogP contribution in [0.1, 0.15) is 42.3 Å². The van der Waals surface area contributed by atoms with Gasteiger partial charge in [0, 0.05) is 16.9 Å². The minimum absolute atomic E-state index is 0.0318. The van der Waals surface area contributed by atoms with Crippen molar-refractivity contribution in [1.29, 1.82) is 0 Å². The number of anilines is 2. The molecule has 118 valence electrons. The van der Waals surface area contributed by atoms with Crippen LogP contribution in [-0.4, -0.2) is 11.8 Å². The Balaban J connectivity index is 1.86. The molecule has 3 rings (SSSR count). The number of carbonyl (C=O) groups is 2. The summed E-state index contributed by atoms with van der Waals surface area (Å²) in [5.74, 6) is -0.195. The van der Waals surface area contributed by atoms with Crippen molar-refractivity contribution in [3.05, 3.63) is 59.2 Å². The van der Waals surface area contributed by atoms with E-state index < -0.39 is 0 Å². The molecule has 1 aliphatic heterocycles. The Bertz CT molecular complexity index is 788. The number of para-hydroxylation sites is 1. The SMILES string of the molecule is CC(C)(C)c1ccccc1NC(=O)c1ccc2c(c1)CC(=O)N2. The molecular formula is C19H20N2O2. The van der Waals surface area contributed by atoms with E-state index in [1.807, 2.05) is 24.3 Å². The second-order valence-corrected chi connectivity index (χ2v) is 6.85. The smallest absolute Gasteiger partial charge is 0.255 e. The fourth-order valence-corrected chi connectivity index (χ4v) is 2.81. The number of amides is 2. The zero-order valence-corrected chi connectivity index (χ0v) is 13.6. The van der Waals surface area contributed by atoms with Crippen molar-refractivity contribution in [2.24, 2.45) is 0 Å². The predicted molar refractivity (Wildman–Crippen MR) is 91.9 cm³/mol. The molecule has 0 fully saturated rings. The fraction of sp³-hybridized carbons (Fsp3) is 0.263. The molecule has 2 N–H and O–H groups in total. The quantitative estimate of drug-likeness (QED) is 0.888. The third-order valence-corrected chi connectivity index (χ3v) is 3.98. The molecule has 0 unspecified atom stereocenters. The number of rotatable bonds is 2. The predicted octanol–water partition coefficient (Wildman–Crippen LogP) is 3.73. The van der Waals surface area contributed by atoms with Gasteiger partial charge in [-0.2, -0.15) is 0 Å². The Hall–Kier alpha value is -2.62. The van der Waals surface area contributed by atoms with Gasteiger partial charge in [0.1, 0.15) is 0 Å². The maximum absolute atomic E-state index is 12.6. The molecule has 4 heteroatoms. The molecule has 0 radical (unpaired) electrons. The van der Waals surface area contributed by atoms with Gasteiger partial charge in [-0.1, -0.05) is 39.0 Å². The lowest BCUT2D eigenvalue weighted by atomic mass is 9.86. The highest BCUT2D eigenvalue weighted by Crippen LogP contribution is 2.30. The lowest BCUT2D eigenvalue weighted by Crippen LogP contribution is -2.18. The molecular weight excluding hydrogens is 288 g/mol. The van der Waals surface area contributed by atoms with E-state index in [-0.39, 0.29) is 17.2 Å². The second-order valence-electron chi connectivity index (χ2n) is 6.85. The van der Waals surface area contributed by atoms with Gasteiger partial charge in [-0.05, 0) is 40.8 Å². The molecule has 2 amide bonds. The average Bonchev–Trinajstić information content (AvgIpc) is 2.85. The van der Waals surface area contributed by atoms with Crippen molar-refractivity contribution < 1.29 is 9.59 Å². The van der Waals surface area contributed by atoms with Crippen LogP contribution in [0.5, 0.6) is 0 Å². The first-order valence-electron chi connectivity index (χ1n) is 7.68. The molecule has 0 aliphatic carbocycles. The second kappa shape index (κ2) is 5.54. The van der Waals surface area contributed by atoms with Crippen molar-refractivity contribution in [1.82, 2.24) is 0 Å². The molecule has 0 saturated carbocycles. The van der Waals surface area contributed by atoms with Crippen LogP contribution in [0.15, 0.2) is 42.5 Å². The van der Waals surface area contributed by atoms with Gasteiger partial charge in [-0.25, -0.2) is 0 Å². The Morgan fingerprint density at radius 3 is 2.61 bits per heavy atom. The van der Waals surface area contributed by atoms with Gasteiger partial charge in [-0.3, -0.25) is 9.59 Å². The van der Waals surface area contributed by atoms with Gasteiger partial charge in [0.25, 0.3) is 5.91 Å². The van der Waals surface area contributed by atoms with Crippen LogP contribution < -0.4 is 10.6 Å². The third kappa shape index (κ3) is 3.11. The Morgan fingerprint density at radius 2 is 1.87 bits per heavy atom. The standard InChI is InChI=1S/C19H20N2O2/c1-19(2,3)14-6-4-5-7-16(14)21-18(23)12-8-9-15-13(10-12)11-17(22)20-15/h4-10H,11H2,1-3H3,(H,20,22)(H,21,23). The van der Waals surface area contributed by atoms with E-state index >= 15 is 0 Å². The number of benzene rings is 2. The van der Waals surface area contributed by atoms with E-state index in [1.54, 1.807) is 18.2 Å². The van der Waals surface area contributed by atoms with Crippen LogP contribution in [0, 0.1) is 0 Å². The normalized spacial score (nSPS) is 13.4. The largest absolute Gasteiger partial charge is 0.326 e. The average molecular weight is 308 g/mol. The molecule has 0 saturated heterocycles. The van der Waals surface area contributed by atoms with Crippen molar-refractivity contribution in [3.8, 4) is 0 Å². The van der Waals surface area contributed by atoms with Crippen molar-refractivity contribution in [2.75, 3.05) is 10.6 Å². The van der Waals surface area contributed by atoms with E-state index in [9.17, 15) is 9.59 Å². The Labute approximate surface area is 135 Å². The zero-order chi connectivity index (χ0) is 16.6. The molecule has 0 aromatic heterocycles. The van der Waals surface area contributed by atoms with Crippen LogP contribution in [0.2, 0.25) is 0 Å². The fourth-order valence-electron chi connectivity index (χ4n) is 2.81. The molecule has 0 spiro atoms. The molecule has 1 aliphatic rings. The molecule has 2 aromatic rings. The van der Waals surface area contributed by atoms with E-state index in [1.165, 1.54) is 0 Å². The molecule has 0 bridgehead atoms. The van der Waals surface area contributed by atoms with Crippen LogP contribution in [0.4, 0.5) is 11.4 Å². The first kappa shape index (κ1) is 15.3. The summed E-state index contributed by atoms with van der Waals surface area (Å²) in [4.78, 5) is 24.0. The van der Waals surface area contributed by atoms with Gasteiger partial charge in [0.2, 0.25) is 5.91 Å². The third-order valence-electron chi connectivity index (χ3n) is 3.98. The summed E-state index contributed by atoms with van der Waals surface area (Å²) in [6.07, 6.45) is 0.328. The molecule has 2 aromatic carbocycles. The Morgan fingerprint density at radius 1 is 1.13 bits per heavy atom. The highest BCUT2D eigenvalue weighted by molar-refractivity contribution is 6.06. The highest BCUT2D eigenvalue weighted by Gasteiger charge is 2.21. The lowest BCUT2D eigenvalue weighted by molar-refractivity contribution is -0.115. The first-order chi connectivity index (χ1) is 10.8. The van der Waals surface area contributed by atoms with Crippen molar-refractivity contribution >= 4 is 23.2 Å². The summed E-state index contributed by atoms with van der Waals surface area (Å²) in [6.45, 7) is 6.35. The summed E-state index contributed by atoms with van der Waals surface area (Å²) in [7, 11) is 0. The van der Waals surface area contributed by atoms with Crippen LogP contribution in [-0.2, 0) is 16.6 Å². The van der Waals surface area contributed by atoms with Crippen molar-refractivity contribution in [3.63, 3.8) is 0 Å². The molecule has 1 heterocycles. The minimum Gasteiger partial charge on any atom is -0.326 e. The van der Waals surface area contributed by atoms with Gasteiger partial charge < -0.3 is 10.6 Å². The maximum Gasteiger partial charge on any atom is 0.255 e. The van der Waals surface area contributed by atoms with Gasteiger partial charge in [0.15, 0.2) is 0 Å². The number of nitrogens with one attached hydrogen (secondary N) is 2. The summed E-state index contributed by atoms with van der Waals surface area (Å²) in [5.41, 5.74) is 4.07. The van der Waals surface area contributed by atoms with Gasteiger partial charge in [-0.15, -0.1) is 0 Å². The van der Waals surface area contributed by atoms with Crippen LogP contribution >= 0.6 is 0 Å². The summed E-state index contributed by atoms with van der Waals surface area (Å²) < 4.78 is 0. The minimum atomic E-state index is -0.163. The highest BCUT2D eigenvalue weighted by atomic mass is 16.2. The van der Waals surface area contributed by atoms with E-state index in [0.717, 1.165) is 22.5 Å². The topological polar surface area (TPSA) is 58.2 Å². The first-order valence-corrected chi connectivity index (χ1v) is 7.68. The molecule has 4 nitrogen and oxygen atoms in total. The van der Waals surface area contributed by atoms with Gasteiger partial charge >= 0.3 is 0 Å². The van der Waals surface area contributed by atoms with E-state index in [4.69, 9.17) is 0 Å². The maximum atomic E-state index is 12.6. The number of hydrogen-bond acceptors (Lipinski definition) is 2. The zero-order valence-electron chi connectivity index (χ0n) is 13.6.